The van der Waals surface area contributed by atoms with Crippen molar-refractivity contribution in [2.75, 3.05) is 5.32 Å². The van der Waals surface area contributed by atoms with Gasteiger partial charge in [-0.2, -0.15) is 0 Å². The van der Waals surface area contributed by atoms with E-state index in [4.69, 9.17) is 0 Å². The molecule has 1 unspecified atom stereocenters. The first-order chi connectivity index (χ1) is 11.6. The van der Waals surface area contributed by atoms with Crippen molar-refractivity contribution in [1.29, 1.82) is 0 Å². The van der Waals surface area contributed by atoms with Crippen LogP contribution in [-0.2, 0) is 9.59 Å². The summed E-state index contributed by atoms with van der Waals surface area (Å²) in [5.74, 6) is 1.22. The topological polar surface area (TPSA) is 58.2 Å². The second kappa shape index (κ2) is 7.82. The van der Waals surface area contributed by atoms with Crippen molar-refractivity contribution in [3.05, 3.63) is 29.8 Å². The van der Waals surface area contributed by atoms with E-state index in [1.165, 1.54) is 25.7 Å². The molecule has 2 aliphatic carbocycles. The Balaban J connectivity index is 1.44. The van der Waals surface area contributed by atoms with Crippen LogP contribution in [0.5, 0.6) is 0 Å². The molecule has 2 fully saturated rings. The largest absolute Gasteiger partial charge is 0.350 e. The molecule has 0 saturated heterocycles. The second-order valence-electron chi connectivity index (χ2n) is 7.36. The fourth-order valence-corrected chi connectivity index (χ4v) is 3.48. The summed E-state index contributed by atoms with van der Waals surface area (Å²) < 4.78 is 0. The first-order valence-electron chi connectivity index (χ1n) is 9.32. The van der Waals surface area contributed by atoms with Crippen LogP contribution in [0, 0.1) is 11.8 Å². The van der Waals surface area contributed by atoms with E-state index in [1.807, 2.05) is 31.2 Å². The number of amides is 2. The standard InChI is InChI=1S/C20H28N2O2/c1-14(21-19(23)13-6-15-4-2-3-5-15)16-9-11-18(12-10-16)22-20(24)17-7-8-17/h9-12,14-15,17H,2-8,13H2,1H3,(H,21,23)(H,22,24). The highest BCUT2D eigenvalue weighted by atomic mass is 16.2. The molecule has 1 atom stereocenters. The molecular formula is C20H28N2O2. The average molecular weight is 328 g/mol. The number of hydrogen-bond acceptors (Lipinski definition) is 2. The van der Waals surface area contributed by atoms with Crippen molar-refractivity contribution in [1.82, 2.24) is 5.32 Å². The summed E-state index contributed by atoms with van der Waals surface area (Å²) in [6, 6.07) is 7.77. The number of carbonyl (C=O) groups excluding carboxylic acids is 2. The van der Waals surface area contributed by atoms with Crippen molar-refractivity contribution >= 4 is 17.5 Å². The van der Waals surface area contributed by atoms with E-state index in [0.717, 1.165) is 36.4 Å². The highest BCUT2D eigenvalue weighted by Crippen LogP contribution is 2.30. The van der Waals surface area contributed by atoms with Gasteiger partial charge in [-0.1, -0.05) is 37.8 Å². The Morgan fingerprint density at radius 3 is 2.38 bits per heavy atom. The lowest BCUT2D eigenvalue weighted by Crippen LogP contribution is -2.26. The summed E-state index contributed by atoms with van der Waals surface area (Å²) in [5, 5.41) is 6.02. The Hall–Kier alpha value is -1.84. The molecule has 2 aliphatic rings. The molecule has 0 aromatic heterocycles. The molecule has 4 nitrogen and oxygen atoms in total. The third-order valence-electron chi connectivity index (χ3n) is 5.26. The molecule has 4 heteroatoms. The van der Waals surface area contributed by atoms with Crippen molar-refractivity contribution in [3.63, 3.8) is 0 Å². The van der Waals surface area contributed by atoms with Gasteiger partial charge in [-0.05, 0) is 49.8 Å². The zero-order valence-corrected chi connectivity index (χ0v) is 14.5. The van der Waals surface area contributed by atoms with E-state index in [9.17, 15) is 9.59 Å². The molecule has 2 saturated carbocycles. The smallest absolute Gasteiger partial charge is 0.227 e. The number of nitrogens with one attached hydrogen (secondary N) is 2. The van der Waals surface area contributed by atoms with Gasteiger partial charge in [0, 0.05) is 18.0 Å². The van der Waals surface area contributed by atoms with Crippen LogP contribution in [0.4, 0.5) is 5.69 Å². The Morgan fingerprint density at radius 1 is 1.08 bits per heavy atom. The lowest BCUT2D eigenvalue weighted by atomic mass is 10.0. The van der Waals surface area contributed by atoms with Gasteiger partial charge in [-0.3, -0.25) is 9.59 Å². The maximum absolute atomic E-state index is 12.1. The quantitative estimate of drug-likeness (QED) is 0.789. The Morgan fingerprint density at radius 2 is 1.75 bits per heavy atom. The molecule has 3 rings (SSSR count). The molecule has 1 aromatic rings. The first-order valence-corrected chi connectivity index (χ1v) is 9.32. The number of hydrogen-bond donors (Lipinski definition) is 2. The molecule has 0 spiro atoms. The summed E-state index contributed by atoms with van der Waals surface area (Å²) in [6.07, 6.45) is 8.89. The van der Waals surface area contributed by atoms with E-state index in [-0.39, 0.29) is 23.8 Å². The van der Waals surface area contributed by atoms with Crippen LogP contribution in [-0.4, -0.2) is 11.8 Å². The summed E-state index contributed by atoms with van der Waals surface area (Å²) in [7, 11) is 0. The molecule has 1 aromatic carbocycles. The maximum atomic E-state index is 12.1. The molecule has 2 N–H and O–H groups in total. The van der Waals surface area contributed by atoms with E-state index >= 15 is 0 Å². The van der Waals surface area contributed by atoms with Gasteiger partial charge in [-0.15, -0.1) is 0 Å². The SMILES string of the molecule is CC(NC(=O)CCC1CCCC1)c1ccc(NC(=O)C2CC2)cc1. The summed E-state index contributed by atoms with van der Waals surface area (Å²) in [5.41, 5.74) is 1.89. The highest BCUT2D eigenvalue weighted by molar-refractivity contribution is 5.94. The van der Waals surface area contributed by atoms with Crippen molar-refractivity contribution in [2.45, 2.75) is 64.3 Å². The van der Waals surface area contributed by atoms with E-state index < -0.39 is 0 Å². The maximum Gasteiger partial charge on any atom is 0.227 e. The highest BCUT2D eigenvalue weighted by Gasteiger charge is 2.29. The zero-order valence-electron chi connectivity index (χ0n) is 14.5. The van der Waals surface area contributed by atoms with Gasteiger partial charge in [-0.25, -0.2) is 0 Å². The summed E-state index contributed by atoms with van der Waals surface area (Å²) in [4.78, 5) is 23.9. The van der Waals surface area contributed by atoms with Gasteiger partial charge in [0.1, 0.15) is 0 Å². The fourth-order valence-electron chi connectivity index (χ4n) is 3.48. The Labute approximate surface area is 144 Å². The molecule has 0 aliphatic heterocycles. The minimum absolute atomic E-state index is 0.00531. The lowest BCUT2D eigenvalue weighted by molar-refractivity contribution is -0.122. The van der Waals surface area contributed by atoms with Crippen molar-refractivity contribution in [3.8, 4) is 0 Å². The molecule has 0 radical (unpaired) electrons. The number of anilines is 1. The Kier molecular flexibility index (Phi) is 5.54. The molecule has 2 amide bonds. The number of rotatable bonds is 7. The summed E-state index contributed by atoms with van der Waals surface area (Å²) in [6.45, 7) is 2.01. The van der Waals surface area contributed by atoms with E-state index in [0.29, 0.717) is 6.42 Å². The second-order valence-corrected chi connectivity index (χ2v) is 7.36. The average Bonchev–Trinajstić information content (AvgIpc) is 3.30. The van der Waals surface area contributed by atoms with Crippen LogP contribution >= 0.6 is 0 Å². The van der Waals surface area contributed by atoms with Crippen molar-refractivity contribution in [2.24, 2.45) is 11.8 Å². The van der Waals surface area contributed by atoms with Gasteiger partial charge in [0.25, 0.3) is 0 Å². The monoisotopic (exact) mass is 328 g/mol. The van der Waals surface area contributed by atoms with Crippen molar-refractivity contribution < 1.29 is 9.59 Å². The van der Waals surface area contributed by atoms with Gasteiger partial charge in [0.2, 0.25) is 11.8 Å². The van der Waals surface area contributed by atoms with Gasteiger partial charge >= 0.3 is 0 Å². The minimum atomic E-state index is -0.00531. The van der Waals surface area contributed by atoms with Crippen LogP contribution < -0.4 is 10.6 Å². The third kappa shape index (κ3) is 4.83. The molecule has 0 bridgehead atoms. The molecular weight excluding hydrogens is 300 g/mol. The van der Waals surface area contributed by atoms with E-state index in [2.05, 4.69) is 10.6 Å². The fraction of sp³-hybridized carbons (Fsp3) is 0.600. The van der Waals surface area contributed by atoms with Crippen LogP contribution in [0.15, 0.2) is 24.3 Å². The van der Waals surface area contributed by atoms with Crippen LogP contribution in [0.1, 0.15) is 69.9 Å². The number of carbonyl (C=O) groups is 2. The molecule has 130 valence electrons. The molecule has 24 heavy (non-hydrogen) atoms. The lowest BCUT2D eigenvalue weighted by Gasteiger charge is -2.16. The predicted molar refractivity (Wildman–Crippen MR) is 95.5 cm³/mol. The number of benzene rings is 1. The van der Waals surface area contributed by atoms with Crippen LogP contribution in [0.3, 0.4) is 0 Å². The zero-order chi connectivity index (χ0) is 16.9. The van der Waals surface area contributed by atoms with Crippen LogP contribution in [0.2, 0.25) is 0 Å². The third-order valence-corrected chi connectivity index (χ3v) is 5.26. The van der Waals surface area contributed by atoms with Gasteiger partial charge < -0.3 is 10.6 Å². The van der Waals surface area contributed by atoms with Gasteiger partial charge in [0.15, 0.2) is 0 Å². The summed E-state index contributed by atoms with van der Waals surface area (Å²) >= 11 is 0. The minimum Gasteiger partial charge on any atom is -0.350 e. The van der Waals surface area contributed by atoms with E-state index in [1.54, 1.807) is 0 Å². The molecule has 0 heterocycles. The first kappa shape index (κ1) is 17.0. The predicted octanol–water partition coefficient (Wildman–Crippen LogP) is 4.18. The van der Waals surface area contributed by atoms with Crippen LogP contribution in [0.25, 0.3) is 0 Å². The normalized spacial score (nSPS) is 19.0. The van der Waals surface area contributed by atoms with Gasteiger partial charge in [0.05, 0.1) is 6.04 Å². The Bertz CT molecular complexity index is 572.